The molecule has 1 unspecified atom stereocenters. The molecule has 3 nitrogen and oxygen atoms in total. The Kier molecular flexibility index (Phi) is 4.99. The first kappa shape index (κ1) is 14.5. The van der Waals surface area contributed by atoms with E-state index >= 15 is 0 Å². The first-order valence-corrected chi connectivity index (χ1v) is 7.63. The van der Waals surface area contributed by atoms with Crippen molar-refractivity contribution in [3.8, 4) is 0 Å². The number of benzene rings is 1. The number of halogens is 1. The molecule has 19 heavy (non-hydrogen) atoms. The molecular formula is C15H21BrN2O. The highest BCUT2D eigenvalue weighted by Crippen LogP contribution is 2.22. The van der Waals surface area contributed by atoms with E-state index in [0.717, 1.165) is 35.1 Å². The minimum Gasteiger partial charge on any atom is -0.340 e. The Morgan fingerprint density at radius 3 is 2.95 bits per heavy atom. The molecule has 1 fully saturated rings. The number of hydrogen-bond donors (Lipinski definition) is 1. The summed E-state index contributed by atoms with van der Waals surface area (Å²) in [6.45, 7) is 3.85. The van der Waals surface area contributed by atoms with Gasteiger partial charge in [-0.3, -0.25) is 4.79 Å². The van der Waals surface area contributed by atoms with Crippen molar-refractivity contribution < 1.29 is 4.79 Å². The van der Waals surface area contributed by atoms with Crippen molar-refractivity contribution in [1.29, 1.82) is 0 Å². The van der Waals surface area contributed by atoms with Gasteiger partial charge in [-0.2, -0.15) is 0 Å². The molecule has 1 N–H and O–H groups in total. The normalized spacial score (nSPS) is 19.2. The largest absolute Gasteiger partial charge is 0.340 e. The highest BCUT2D eigenvalue weighted by Gasteiger charge is 2.20. The van der Waals surface area contributed by atoms with Crippen molar-refractivity contribution in [2.45, 2.75) is 32.2 Å². The molecule has 0 aromatic heterocycles. The summed E-state index contributed by atoms with van der Waals surface area (Å²) in [6.07, 6.45) is 3.66. The molecule has 1 amide bonds. The zero-order valence-electron chi connectivity index (χ0n) is 11.6. The summed E-state index contributed by atoms with van der Waals surface area (Å²) in [6, 6.07) is 6.25. The van der Waals surface area contributed by atoms with Crippen LogP contribution in [0.5, 0.6) is 0 Å². The second-order valence-electron chi connectivity index (χ2n) is 5.27. The first-order chi connectivity index (χ1) is 9.09. The number of nitrogens with zero attached hydrogens (tertiary/aromatic N) is 1. The first-order valence-electron chi connectivity index (χ1n) is 6.83. The van der Waals surface area contributed by atoms with Gasteiger partial charge in [-0.1, -0.05) is 18.6 Å². The van der Waals surface area contributed by atoms with Gasteiger partial charge >= 0.3 is 0 Å². The molecule has 4 heteroatoms. The van der Waals surface area contributed by atoms with E-state index in [0.29, 0.717) is 6.04 Å². The Morgan fingerprint density at radius 2 is 2.26 bits per heavy atom. The molecule has 1 heterocycles. The van der Waals surface area contributed by atoms with Gasteiger partial charge in [0.25, 0.3) is 5.91 Å². The summed E-state index contributed by atoms with van der Waals surface area (Å²) in [5.41, 5.74) is 1.84. The fraction of sp³-hybridized carbons (Fsp3) is 0.533. The molecule has 1 atom stereocenters. The molecule has 0 saturated carbocycles. The minimum atomic E-state index is 0.0861. The van der Waals surface area contributed by atoms with Crippen LogP contribution in [0, 0.1) is 6.92 Å². The number of rotatable bonds is 3. The third kappa shape index (κ3) is 3.57. The topological polar surface area (TPSA) is 32.3 Å². The number of piperidine rings is 1. The van der Waals surface area contributed by atoms with Crippen LogP contribution in [-0.4, -0.2) is 37.0 Å². The van der Waals surface area contributed by atoms with Gasteiger partial charge in [0.05, 0.1) is 5.56 Å². The van der Waals surface area contributed by atoms with Crippen molar-refractivity contribution in [2.24, 2.45) is 0 Å². The number of amides is 1. The van der Waals surface area contributed by atoms with Gasteiger partial charge in [0, 0.05) is 24.1 Å². The molecule has 1 aromatic carbocycles. The molecular weight excluding hydrogens is 304 g/mol. The third-order valence-corrected chi connectivity index (χ3v) is 4.73. The molecule has 0 aliphatic carbocycles. The molecule has 1 saturated heterocycles. The zero-order chi connectivity index (χ0) is 13.8. The lowest BCUT2D eigenvalue weighted by Crippen LogP contribution is -2.44. The van der Waals surface area contributed by atoms with Crippen LogP contribution in [0.2, 0.25) is 0 Å². The van der Waals surface area contributed by atoms with E-state index in [1.165, 1.54) is 12.8 Å². The van der Waals surface area contributed by atoms with Gasteiger partial charge in [-0.25, -0.2) is 0 Å². The number of aryl methyl sites for hydroxylation is 1. The standard InChI is InChI=1S/C15H21BrN2O/c1-11-6-5-8-13(14(11)16)15(19)18(2)10-12-7-3-4-9-17-12/h5-6,8,12,17H,3-4,7,9-10H2,1-2H3. The van der Waals surface area contributed by atoms with E-state index < -0.39 is 0 Å². The Balaban J connectivity index is 2.03. The van der Waals surface area contributed by atoms with Crippen LogP contribution in [-0.2, 0) is 0 Å². The Bertz CT molecular complexity index is 455. The quantitative estimate of drug-likeness (QED) is 0.927. The third-order valence-electron chi connectivity index (χ3n) is 3.68. The lowest BCUT2D eigenvalue weighted by molar-refractivity contribution is 0.0774. The van der Waals surface area contributed by atoms with E-state index in [9.17, 15) is 4.79 Å². The maximum absolute atomic E-state index is 12.5. The average Bonchev–Trinajstić information content (AvgIpc) is 2.42. The maximum Gasteiger partial charge on any atom is 0.254 e. The summed E-state index contributed by atoms with van der Waals surface area (Å²) >= 11 is 3.51. The van der Waals surface area contributed by atoms with Crippen molar-refractivity contribution in [3.05, 3.63) is 33.8 Å². The average molecular weight is 325 g/mol. The Labute approximate surface area is 123 Å². The Hall–Kier alpha value is -0.870. The van der Waals surface area contributed by atoms with E-state index in [-0.39, 0.29) is 5.91 Å². The number of likely N-dealkylation sites (N-methyl/N-ethyl adjacent to an activating group) is 1. The van der Waals surface area contributed by atoms with Gasteiger partial charge < -0.3 is 10.2 Å². The number of carbonyl (C=O) groups is 1. The zero-order valence-corrected chi connectivity index (χ0v) is 13.2. The van der Waals surface area contributed by atoms with Gasteiger partial charge in [0.15, 0.2) is 0 Å². The van der Waals surface area contributed by atoms with E-state index in [1.54, 1.807) is 0 Å². The fourth-order valence-electron chi connectivity index (χ4n) is 2.51. The molecule has 1 aliphatic rings. The number of nitrogens with one attached hydrogen (secondary N) is 1. The molecule has 1 aliphatic heterocycles. The van der Waals surface area contributed by atoms with Crippen LogP contribution in [0.25, 0.3) is 0 Å². The van der Waals surface area contributed by atoms with E-state index in [2.05, 4.69) is 21.2 Å². The summed E-state index contributed by atoms with van der Waals surface area (Å²) in [5.74, 6) is 0.0861. The second kappa shape index (κ2) is 6.53. The van der Waals surface area contributed by atoms with Crippen molar-refractivity contribution in [1.82, 2.24) is 10.2 Å². The highest BCUT2D eigenvalue weighted by atomic mass is 79.9. The van der Waals surface area contributed by atoms with Gasteiger partial charge in [-0.15, -0.1) is 0 Å². The van der Waals surface area contributed by atoms with Crippen LogP contribution in [0.4, 0.5) is 0 Å². The number of hydrogen-bond acceptors (Lipinski definition) is 2. The van der Waals surface area contributed by atoms with Crippen LogP contribution in [0.15, 0.2) is 22.7 Å². The Morgan fingerprint density at radius 1 is 1.47 bits per heavy atom. The van der Waals surface area contributed by atoms with E-state index in [4.69, 9.17) is 0 Å². The summed E-state index contributed by atoms with van der Waals surface area (Å²) in [4.78, 5) is 14.3. The van der Waals surface area contributed by atoms with Crippen LogP contribution in [0.1, 0.15) is 35.2 Å². The highest BCUT2D eigenvalue weighted by molar-refractivity contribution is 9.10. The van der Waals surface area contributed by atoms with Crippen molar-refractivity contribution in [2.75, 3.05) is 20.1 Å². The molecule has 0 spiro atoms. The lowest BCUT2D eigenvalue weighted by atomic mass is 10.0. The van der Waals surface area contributed by atoms with Gasteiger partial charge in [0.1, 0.15) is 0 Å². The monoisotopic (exact) mass is 324 g/mol. The van der Waals surface area contributed by atoms with Crippen molar-refractivity contribution in [3.63, 3.8) is 0 Å². The van der Waals surface area contributed by atoms with Crippen LogP contribution in [0.3, 0.4) is 0 Å². The maximum atomic E-state index is 12.5. The molecule has 0 radical (unpaired) electrons. The van der Waals surface area contributed by atoms with Gasteiger partial charge in [0.2, 0.25) is 0 Å². The van der Waals surface area contributed by atoms with Crippen LogP contribution >= 0.6 is 15.9 Å². The lowest BCUT2D eigenvalue weighted by Gasteiger charge is -2.28. The summed E-state index contributed by atoms with van der Waals surface area (Å²) in [5, 5.41) is 3.48. The molecule has 0 bridgehead atoms. The smallest absolute Gasteiger partial charge is 0.254 e. The number of carbonyl (C=O) groups excluding carboxylic acids is 1. The molecule has 104 valence electrons. The molecule has 2 rings (SSSR count). The minimum absolute atomic E-state index is 0.0861. The summed E-state index contributed by atoms with van der Waals surface area (Å²) < 4.78 is 0.906. The van der Waals surface area contributed by atoms with Crippen LogP contribution < -0.4 is 5.32 Å². The van der Waals surface area contributed by atoms with E-state index in [1.807, 2.05) is 37.1 Å². The predicted molar refractivity (Wildman–Crippen MR) is 81.5 cm³/mol. The van der Waals surface area contributed by atoms with Crippen molar-refractivity contribution >= 4 is 21.8 Å². The second-order valence-corrected chi connectivity index (χ2v) is 6.06. The molecule has 1 aromatic rings. The SMILES string of the molecule is Cc1cccc(C(=O)N(C)CC2CCCCN2)c1Br. The fourth-order valence-corrected chi connectivity index (χ4v) is 2.95. The van der Waals surface area contributed by atoms with Gasteiger partial charge in [-0.05, 0) is 53.9 Å². The predicted octanol–water partition coefficient (Wildman–Crippen LogP) is 2.97. The summed E-state index contributed by atoms with van der Waals surface area (Å²) in [7, 11) is 1.88.